The van der Waals surface area contributed by atoms with Crippen LogP contribution in [0.1, 0.15) is 37.3 Å². The van der Waals surface area contributed by atoms with E-state index in [1.165, 1.54) is 0 Å². The number of benzene rings is 2. The summed E-state index contributed by atoms with van der Waals surface area (Å²) in [5, 5.41) is 9.59. The number of rotatable bonds is 10. The fourth-order valence-corrected chi connectivity index (χ4v) is 3.39. The molecule has 0 aromatic heterocycles. The molecule has 2 atom stereocenters. The van der Waals surface area contributed by atoms with Crippen LogP contribution in [0.3, 0.4) is 0 Å². The lowest BCUT2D eigenvalue weighted by atomic mass is 9.80. The zero-order chi connectivity index (χ0) is 20.7. The van der Waals surface area contributed by atoms with Crippen molar-refractivity contribution in [1.29, 1.82) is 0 Å². The summed E-state index contributed by atoms with van der Waals surface area (Å²) in [5.74, 6) is 3.47. The van der Waals surface area contributed by atoms with Crippen LogP contribution in [0.4, 0.5) is 0 Å². The normalized spacial score (nSPS) is 13.1. The maximum absolute atomic E-state index is 9.59. The summed E-state index contributed by atoms with van der Waals surface area (Å²) < 4.78 is 21.8. The molecule has 0 heterocycles. The van der Waals surface area contributed by atoms with E-state index in [1.54, 1.807) is 28.4 Å². The van der Waals surface area contributed by atoms with Crippen LogP contribution in [0, 0.1) is 11.8 Å². The van der Waals surface area contributed by atoms with Crippen molar-refractivity contribution in [3.8, 4) is 23.0 Å². The maximum Gasteiger partial charge on any atom is 0.161 e. The second-order valence-corrected chi connectivity index (χ2v) is 7.15. The number of aliphatic hydroxyl groups excluding tert-OH is 1. The largest absolute Gasteiger partial charge is 0.493 e. The Balaban J connectivity index is 2.51. The highest BCUT2D eigenvalue weighted by atomic mass is 16.5. The van der Waals surface area contributed by atoms with Crippen LogP contribution in [0.25, 0.3) is 0 Å². The molecule has 2 rings (SSSR count). The standard InChI is InChI=1S/C23H32O5/c1-15(16(2)14-24)11-19(17-7-9-20(25-3)22(12-17)27-5)18-8-10-21(26-4)23(13-18)28-6/h7-10,12-13,15-16,19,24H,11,14H2,1-6H3. The average molecular weight is 389 g/mol. The fraction of sp³-hybridized carbons (Fsp3) is 0.478. The molecule has 28 heavy (non-hydrogen) atoms. The molecule has 0 saturated carbocycles. The molecule has 0 fully saturated rings. The first-order valence-electron chi connectivity index (χ1n) is 9.53. The lowest BCUT2D eigenvalue weighted by molar-refractivity contribution is 0.188. The van der Waals surface area contributed by atoms with E-state index in [-0.39, 0.29) is 18.4 Å². The Labute approximate surface area is 168 Å². The van der Waals surface area contributed by atoms with Crippen molar-refractivity contribution in [2.24, 2.45) is 11.8 Å². The van der Waals surface area contributed by atoms with Gasteiger partial charge in [-0.05, 0) is 53.6 Å². The van der Waals surface area contributed by atoms with Gasteiger partial charge in [-0.1, -0.05) is 26.0 Å². The third-order valence-corrected chi connectivity index (χ3v) is 5.49. The molecule has 5 heteroatoms. The van der Waals surface area contributed by atoms with Gasteiger partial charge in [-0.3, -0.25) is 0 Å². The van der Waals surface area contributed by atoms with Crippen LogP contribution >= 0.6 is 0 Å². The van der Waals surface area contributed by atoms with E-state index in [0.717, 1.165) is 17.5 Å². The van der Waals surface area contributed by atoms with Crippen molar-refractivity contribution in [3.63, 3.8) is 0 Å². The van der Waals surface area contributed by atoms with E-state index in [1.807, 2.05) is 24.3 Å². The zero-order valence-corrected chi connectivity index (χ0v) is 17.7. The minimum atomic E-state index is 0.114. The minimum Gasteiger partial charge on any atom is -0.493 e. The third kappa shape index (κ3) is 4.90. The van der Waals surface area contributed by atoms with E-state index in [4.69, 9.17) is 18.9 Å². The van der Waals surface area contributed by atoms with Crippen molar-refractivity contribution >= 4 is 0 Å². The van der Waals surface area contributed by atoms with Crippen molar-refractivity contribution in [3.05, 3.63) is 47.5 Å². The molecule has 0 bridgehead atoms. The third-order valence-electron chi connectivity index (χ3n) is 5.49. The lowest BCUT2D eigenvalue weighted by Crippen LogP contribution is -2.16. The highest BCUT2D eigenvalue weighted by molar-refractivity contribution is 5.49. The summed E-state index contributed by atoms with van der Waals surface area (Å²) in [6.07, 6.45) is 0.882. The highest BCUT2D eigenvalue weighted by Gasteiger charge is 2.23. The van der Waals surface area contributed by atoms with Crippen LogP contribution < -0.4 is 18.9 Å². The Hall–Kier alpha value is -2.40. The summed E-state index contributed by atoms with van der Waals surface area (Å²) in [6, 6.07) is 12.1. The minimum absolute atomic E-state index is 0.114. The SMILES string of the molecule is COc1ccc(C(CC(C)C(C)CO)c2ccc(OC)c(OC)c2)cc1OC. The molecule has 2 unspecified atom stereocenters. The van der Waals surface area contributed by atoms with Gasteiger partial charge in [-0.15, -0.1) is 0 Å². The molecule has 0 aliphatic carbocycles. The highest BCUT2D eigenvalue weighted by Crippen LogP contribution is 2.40. The first-order valence-corrected chi connectivity index (χ1v) is 9.53. The summed E-state index contributed by atoms with van der Waals surface area (Å²) in [4.78, 5) is 0. The molecule has 2 aromatic rings. The molecule has 0 saturated heterocycles. The van der Waals surface area contributed by atoms with Gasteiger partial charge < -0.3 is 24.1 Å². The smallest absolute Gasteiger partial charge is 0.161 e. The second kappa shape index (κ2) is 10.2. The van der Waals surface area contributed by atoms with Crippen LogP contribution in [-0.2, 0) is 0 Å². The van der Waals surface area contributed by atoms with E-state index in [0.29, 0.717) is 28.9 Å². The van der Waals surface area contributed by atoms with Crippen molar-refractivity contribution in [2.45, 2.75) is 26.2 Å². The summed E-state index contributed by atoms with van der Waals surface area (Å²) >= 11 is 0. The molecule has 0 radical (unpaired) electrons. The quantitative estimate of drug-likeness (QED) is 0.649. The Morgan fingerprint density at radius 3 is 1.46 bits per heavy atom. The monoisotopic (exact) mass is 388 g/mol. The average Bonchev–Trinajstić information content (AvgIpc) is 2.75. The summed E-state index contributed by atoms with van der Waals surface area (Å²) in [5.41, 5.74) is 2.25. The number of ether oxygens (including phenoxy) is 4. The van der Waals surface area contributed by atoms with Crippen molar-refractivity contribution < 1.29 is 24.1 Å². The van der Waals surface area contributed by atoms with Crippen molar-refractivity contribution in [1.82, 2.24) is 0 Å². The molecule has 5 nitrogen and oxygen atoms in total. The second-order valence-electron chi connectivity index (χ2n) is 7.15. The molecule has 2 aromatic carbocycles. The Morgan fingerprint density at radius 1 is 0.679 bits per heavy atom. The van der Waals surface area contributed by atoms with Gasteiger partial charge in [-0.25, -0.2) is 0 Å². The molecule has 0 aliphatic heterocycles. The van der Waals surface area contributed by atoms with Gasteiger partial charge in [0.05, 0.1) is 28.4 Å². The van der Waals surface area contributed by atoms with Gasteiger partial charge >= 0.3 is 0 Å². The first-order chi connectivity index (χ1) is 13.5. The molecule has 0 spiro atoms. The Kier molecular flexibility index (Phi) is 8.00. The van der Waals surface area contributed by atoms with Crippen LogP contribution in [0.2, 0.25) is 0 Å². The van der Waals surface area contributed by atoms with Crippen LogP contribution in [0.15, 0.2) is 36.4 Å². The van der Waals surface area contributed by atoms with E-state index >= 15 is 0 Å². The molecular formula is C23H32O5. The summed E-state index contributed by atoms with van der Waals surface area (Å²) in [7, 11) is 6.55. The van der Waals surface area contributed by atoms with Gasteiger partial charge in [0.1, 0.15) is 0 Å². The first kappa shape index (κ1) is 21.9. The van der Waals surface area contributed by atoms with Gasteiger partial charge in [0.15, 0.2) is 23.0 Å². The fourth-order valence-electron chi connectivity index (χ4n) is 3.39. The van der Waals surface area contributed by atoms with Gasteiger partial charge in [0.2, 0.25) is 0 Å². The van der Waals surface area contributed by atoms with E-state index in [9.17, 15) is 5.11 Å². The predicted molar refractivity (Wildman–Crippen MR) is 111 cm³/mol. The van der Waals surface area contributed by atoms with Crippen LogP contribution in [0.5, 0.6) is 23.0 Å². The molecule has 154 valence electrons. The van der Waals surface area contributed by atoms with E-state index in [2.05, 4.69) is 26.0 Å². The number of hydrogen-bond donors (Lipinski definition) is 1. The molecule has 1 N–H and O–H groups in total. The van der Waals surface area contributed by atoms with Gasteiger partial charge in [0.25, 0.3) is 0 Å². The van der Waals surface area contributed by atoms with E-state index < -0.39 is 0 Å². The summed E-state index contributed by atoms with van der Waals surface area (Å²) in [6.45, 7) is 4.42. The van der Waals surface area contributed by atoms with Gasteiger partial charge in [-0.2, -0.15) is 0 Å². The Morgan fingerprint density at radius 2 is 1.11 bits per heavy atom. The number of hydrogen-bond acceptors (Lipinski definition) is 5. The Bertz CT molecular complexity index is 703. The van der Waals surface area contributed by atoms with Gasteiger partial charge in [0, 0.05) is 12.5 Å². The maximum atomic E-state index is 9.59. The predicted octanol–water partition coefficient (Wildman–Crippen LogP) is 4.51. The molecule has 0 aliphatic rings. The zero-order valence-electron chi connectivity index (χ0n) is 17.7. The van der Waals surface area contributed by atoms with Crippen LogP contribution in [-0.4, -0.2) is 40.2 Å². The number of methoxy groups -OCH3 is 4. The number of aliphatic hydroxyl groups is 1. The van der Waals surface area contributed by atoms with Crippen molar-refractivity contribution in [2.75, 3.05) is 35.0 Å². The topological polar surface area (TPSA) is 57.2 Å². The molecular weight excluding hydrogens is 356 g/mol. The lowest BCUT2D eigenvalue weighted by Gasteiger charge is -2.26. The molecule has 0 amide bonds.